The Balaban J connectivity index is 1.59. The van der Waals surface area contributed by atoms with Crippen LogP contribution < -0.4 is 4.74 Å². The maximum Gasteiger partial charge on any atom is 0.120 e. The average molecular weight is 256 g/mol. The molecule has 3 nitrogen and oxygen atoms in total. The molecule has 0 saturated carbocycles. The SMILES string of the molecule is CN1CCCC1CCOc1ccc2ncccc2c1. The lowest BCUT2D eigenvalue weighted by Gasteiger charge is -2.19. The summed E-state index contributed by atoms with van der Waals surface area (Å²) in [5.74, 6) is 0.946. The van der Waals surface area contributed by atoms with E-state index in [2.05, 4.69) is 29.1 Å². The number of aromatic nitrogens is 1. The molecule has 0 bridgehead atoms. The van der Waals surface area contributed by atoms with Crippen LogP contribution in [0.4, 0.5) is 0 Å². The fraction of sp³-hybridized carbons (Fsp3) is 0.438. The smallest absolute Gasteiger partial charge is 0.120 e. The molecule has 1 aromatic carbocycles. The van der Waals surface area contributed by atoms with E-state index in [4.69, 9.17) is 4.74 Å². The summed E-state index contributed by atoms with van der Waals surface area (Å²) in [6.45, 7) is 2.02. The third-order valence-corrected chi connectivity index (χ3v) is 3.97. The first-order valence-electron chi connectivity index (χ1n) is 7.01. The Morgan fingerprint density at radius 3 is 3.16 bits per heavy atom. The minimum Gasteiger partial charge on any atom is -0.494 e. The minimum absolute atomic E-state index is 0.696. The molecule has 1 aliphatic rings. The molecule has 1 aromatic heterocycles. The van der Waals surface area contributed by atoms with Crippen LogP contribution in [0.2, 0.25) is 0 Å². The molecule has 0 aliphatic carbocycles. The molecule has 1 unspecified atom stereocenters. The zero-order valence-electron chi connectivity index (χ0n) is 11.4. The van der Waals surface area contributed by atoms with Gasteiger partial charge in [-0.15, -0.1) is 0 Å². The van der Waals surface area contributed by atoms with Crippen LogP contribution in [0.5, 0.6) is 5.75 Å². The van der Waals surface area contributed by atoms with Crippen molar-refractivity contribution >= 4 is 10.9 Å². The van der Waals surface area contributed by atoms with Crippen LogP contribution in [-0.4, -0.2) is 36.1 Å². The van der Waals surface area contributed by atoms with E-state index >= 15 is 0 Å². The van der Waals surface area contributed by atoms with Crippen LogP contribution in [-0.2, 0) is 0 Å². The minimum atomic E-state index is 0.696. The second-order valence-electron chi connectivity index (χ2n) is 5.27. The van der Waals surface area contributed by atoms with E-state index < -0.39 is 0 Å². The van der Waals surface area contributed by atoms with E-state index in [9.17, 15) is 0 Å². The molecule has 1 atom stereocenters. The molecule has 2 aromatic rings. The van der Waals surface area contributed by atoms with Crippen molar-refractivity contribution in [1.29, 1.82) is 0 Å². The van der Waals surface area contributed by atoms with Crippen molar-refractivity contribution in [3.05, 3.63) is 36.5 Å². The van der Waals surface area contributed by atoms with Crippen molar-refractivity contribution in [3.8, 4) is 5.75 Å². The molecule has 0 spiro atoms. The van der Waals surface area contributed by atoms with Gasteiger partial charge in [0.25, 0.3) is 0 Å². The lowest BCUT2D eigenvalue weighted by molar-refractivity contribution is 0.233. The molecule has 1 fully saturated rings. The van der Waals surface area contributed by atoms with E-state index in [0.717, 1.165) is 29.7 Å². The molecule has 0 amide bonds. The first-order valence-corrected chi connectivity index (χ1v) is 7.01. The highest BCUT2D eigenvalue weighted by molar-refractivity contribution is 5.79. The Hall–Kier alpha value is -1.61. The Morgan fingerprint density at radius 1 is 1.37 bits per heavy atom. The molecule has 100 valence electrons. The summed E-state index contributed by atoms with van der Waals surface area (Å²) in [6, 6.07) is 10.8. The number of likely N-dealkylation sites (tertiary alicyclic amines) is 1. The standard InChI is InChI=1S/C16H20N2O/c1-18-10-3-5-14(18)8-11-19-15-6-7-16-13(12-15)4-2-9-17-16/h2,4,6-7,9,12,14H,3,5,8,10-11H2,1H3. The van der Waals surface area contributed by atoms with Crippen molar-refractivity contribution in [3.63, 3.8) is 0 Å². The maximum atomic E-state index is 5.87. The monoisotopic (exact) mass is 256 g/mol. The molecule has 3 heteroatoms. The number of ether oxygens (including phenoxy) is 1. The summed E-state index contributed by atoms with van der Waals surface area (Å²) >= 11 is 0. The van der Waals surface area contributed by atoms with E-state index in [-0.39, 0.29) is 0 Å². The maximum absolute atomic E-state index is 5.87. The molecule has 3 rings (SSSR count). The molecule has 0 N–H and O–H groups in total. The van der Waals surface area contributed by atoms with Gasteiger partial charge in [-0.2, -0.15) is 0 Å². The van der Waals surface area contributed by atoms with Gasteiger partial charge in [0.15, 0.2) is 0 Å². The third kappa shape index (κ3) is 2.87. The average Bonchev–Trinajstić information content (AvgIpc) is 2.84. The molecule has 0 radical (unpaired) electrons. The summed E-state index contributed by atoms with van der Waals surface area (Å²) in [7, 11) is 2.21. The normalized spacial score (nSPS) is 19.9. The highest BCUT2D eigenvalue weighted by Crippen LogP contribution is 2.21. The number of benzene rings is 1. The second-order valence-corrected chi connectivity index (χ2v) is 5.27. The Bertz CT molecular complexity index is 555. The zero-order valence-corrected chi connectivity index (χ0v) is 11.4. The van der Waals surface area contributed by atoms with Crippen molar-refractivity contribution in [1.82, 2.24) is 9.88 Å². The van der Waals surface area contributed by atoms with Gasteiger partial charge < -0.3 is 9.64 Å². The third-order valence-electron chi connectivity index (χ3n) is 3.97. The number of nitrogens with zero attached hydrogens (tertiary/aromatic N) is 2. The molecule has 1 saturated heterocycles. The van der Waals surface area contributed by atoms with Crippen LogP contribution >= 0.6 is 0 Å². The van der Waals surface area contributed by atoms with Gasteiger partial charge in [0.2, 0.25) is 0 Å². The number of fused-ring (bicyclic) bond motifs is 1. The van der Waals surface area contributed by atoms with Crippen molar-refractivity contribution in [2.45, 2.75) is 25.3 Å². The van der Waals surface area contributed by atoms with E-state index in [1.165, 1.54) is 19.4 Å². The summed E-state index contributed by atoms with van der Waals surface area (Å²) in [5, 5.41) is 1.14. The Morgan fingerprint density at radius 2 is 2.32 bits per heavy atom. The molecular weight excluding hydrogens is 236 g/mol. The van der Waals surface area contributed by atoms with Crippen molar-refractivity contribution < 1.29 is 4.74 Å². The van der Waals surface area contributed by atoms with Crippen LogP contribution in [0, 0.1) is 0 Å². The fourth-order valence-electron chi connectivity index (χ4n) is 2.80. The predicted octanol–water partition coefficient (Wildman–Crippen LogP) is 3.10. The van der Waals surface area contributed by atoms with Gasteiger partial charge in [-0.25, -0.2) is 0 Å². The van der Waals surface area contributed by atoms with E-state index in [1.807, 2.05) is 24.4 Å². The first kappa shape index (κ1) is 12.4. The quantitative estimate of drug-likeness (QED) is 0.840. The summed E-state index contributed by atoms with van der Waals surface area (Å²) in [5.41, 5.74) is 1.02. The topological polar surface area (TPSA) is 25.4 Å². The van der Waals surface area contributed by atoms with Gasteiger partial charge in [0.05, 0.1) is 12.1 Å². The lowest BCUT2D eigenvalue weighted by atomic mass is 10.1. The Labute approximate surface area is 114 Å². The van der Waals surface area contributed by atoms with E-state index in [0.29, 0.717) is 6.04 Å². The molecule has 1 aliphatic heterocycles. The molecule has 2 heterocycles. The van der Waals surface area contributed by atoms with Gasteiger partial charge in [-0.05, 0) is 57.1 Å². The van der Waals surface area contributed by atoms with Crippen LogP contribution in [0.3, 0.4) is 0 Å². The summed E-state index contributed by atoms with van der Waals surface area (Å²) in [6.07, 6.45) is 5.56. The van der Waals surface area contributed by atoms with E-state index in [1.54, 1.807) is 0 Å². The number of hydrogen-bond donors (Lipinski definition) is 0. The second kappa shape index (κ2) is 5.57. The van der Waals surface area contributed by atoms with Crippen molar-refractivity contribution in [2.24, 2.45) is 0 Å². The Kier molecular flexibility index (Phi) is 3.65. The predicted molar refractivity (Wildman–Crippen MR) is 77.5 cm³/mol. The fourth-order valence-corrected chi connectivity index (χ4v) is 2.80. The first-order chi connectivity index (χ1) is 9.33. The van der Waals surface area contributed by atoms with Gasteiger partial charge >= 0.3 is 0 Å². The van der Waals surface area contributed by atoms with Gasteiger partial charge in [0, 0.05) is 17.6 Å². The lowest BCUT2D eigenvalue weighted by Crippen LogP contribution is -2.26. The highest BCUT2D eigenvalue weighted by atomic mass is 16.5. The summed E-state index contributed by atoms with van der Waals surface area (Å²) in [4.78, 5) is 6.75. The van der Waals surface area contributed by atoms with Gasteiger partial charge in [-0.3, -0.25) is 4.98 Å². The number of hydrogen-bond acceptors (Lipinski definition) is 3. The largest absolute Gasteiger partial charge is 0.494 e. The van der Waals surface area contributed by atoms with Crippen LogP contribution in [0.15, 0.2) is 36.5 Å². The zero-order chi connectivity index (χ0) is 13.1. The van der Waals surface area contributed by atoms with Gasteiger partial charge in [-0.1, -0.05) is 6.07 Å². The number of pyridine rings is 1. The van der Waals surface area contributed by atoms with Gasteiger partial charge in [0.1, 0.15) is 5.75 Å². The van der Waals surface area contributed by atoms with Crippen molar-refractivity contribution in [2.75, 3.05) is 20.2 Å². The summed E-state index contributed by atoms with van der Waals surface area (Å²) < 4.78 is 5.87. The molecule has 19 heavy (non-hydrogen) atoms. The molecular formula is C16H20N2O. The van der Waals surface area contributed by atoms with Crippen LogP contribution in [0.25, 0.3) is 10.9 Å². The highest BCUT2D eigenvalue weighted by Gasteiger charge is 2.20. The van der Waals surface area contributed by atoms with Crippen LogP contribution in [0.1, 0.15) is 19.3 Å². The number of rotatable bonds is 4.